The minimum Gasteiger partial charge on any atom is -0.340 e. The number of hydrogen-bond acceptors (Lipinski definition) is 5. The largest absolute Gasteiger partial charge is 0.340 e. The first-order chi connectivity index (χ1) is 12.8. The van der Waals surface area contributed by atoms with Gasteiger partial charge in [0, 0.05) is 22.7 Å². The van der Waals surface area contributed by atoms with Crippen LogP contribution in [0.1, 0.15) is 24.6 Å². The average molecular weight is 408 g/mol. The lowest BCUT2D eigenvalue weighted by Gasteiger charge is -2.10. The number of aromatic amines is 1. The van der Waals surface area contributed by atoms with E-state index in [2.05, 4.69) is 24.7 Å². The molecule has 0 atom stereocenters. The van der Waals surface area contributed by atoms with Crippen molar-refractivity contribution < 1.29 is 12.8 Å². The number of sulfonamides is 1. The average Bonchev–Trinajstić information content (AvgIpc) is 3.36. The molecule has 2 N–H and O–H groups in total. The fourth-order valence-corrected chi connectivity index (χ4v) is 3.56. The molecule has 4 rings (SSSR count). The van der Waals surface area contributed by atoms with Crippen molar-refractivity contribution >= 4 is 27.3 Å². The predicted octanol–water partition coefficient (Wildman–Crippen LogP) is 3.58. The van der Waals surface area contributed by atoms with Crippen molar-refractivity contribution in [2.45, 2.75) is 18.8 Å². The quantitative estimate of drug-likeness (QED) is 0.673. The van der Waals surface area contributed by atoms with Gasteiger partial charge in [-0.05, 0) is 31.0 Å². The molecular weight excluding hydrogens is 393 g/mol. The van der Waals surface area contributed by atoms with E-state index in [4.69, 9.17) is 11.6 Å². The third-order valence-electron chi connectivity index (χ3n) is 4.11. The summed E-state index contributed by atoms with van der Waals surface area (Å²) < 4.78 is 40.4. The van der Waals surface area contributed by atoms with Gasteiger partial charge in [0.15, 0.2) is 5.82 Å². The molecule has 0 spiro atoms. The van der Waals surface area contributed by atoms with Gasteiger partial charge in [0.25, 0.3) is 0 Å². The van der Waals surface area contributed by atoms with Crippen molar-refractivity contribution in [2.75, 3.05) is 11.0 Å². The monoisotopic (exact) mass is 407 g/mol. The highest BCUT2D eigenvalue weighted by molar-refractivity contribution is 7.92. The summed E-state index contributed by atoms with van der Waals surface area (Å²) in [5, 5.41) is 0.183. The molecule has 7 nitrogen and oxygen atoms in total. The summed E-state index contributed by atoms with van der Waals surface area (Å²) in [7, 11) is -3.67. The van der Waals surface area contributed by atoms with Crippen LogP contribution < -0.4 is 4.72 Å². The smallest absolute Gasteiger partial charge is 0.229 e. The zero-order chi connectivity index (χ0) is 19.2. The van der Waals surface area contributed by atoms with Crippen LogP contribution in [0.15, 0.2) is 30.7 Å². The first kappa shape index (κ1) is 17.9. The van der Waals surface area contributed by atoms with E-state index in [0.717, 1.165) is 24.9 Å². The standard InChI is InChI=1S/C17H15ClFN5O2S/c1-27(25,26)24-13-7-10(18)6-11(14(13)19)15-16(12-4-5-20-8-21-12)23-17(22-15)9-2-3-9/h4-9,24H,2-3H2,1H3,(H,22,23). The fraction of sp³-hybridized carbons (Fsp3) is 0.235. The van der Waals surface area contributed by atoms with Crippen LogP contribution >= 0.6 is 11.6 Å². The van der Waals surface area contributed by atoms with E-state index >= 15 is 4.39 Å². The Bertz CT molecular complexity index is 1110. The zero-order valence-corrected chi connectivity index (χ0v) is 15.8. The second-order valence-electron chi connectivity index (χ2n) is 6.40. The number of nitrogens with zero attached hydrogens (tertiary/aromatic N) is 3. The molecule has 10 heteroatoms. The molecule has 1 aliphatic carbocycles. The maximum absolute atomic E-state index is 15.1. The van der Waals surface area contributed by atoms with Crippen molar-refractivity contribution in [2.24, 2.45) is 0 Å². The Balaban J connectivity index is 1.91. The Morgan fingerprint density at radius 3 is 2.74 bits per heavy atom. The highest BCUT2D eigenvalue weighted by atomic mass is 35.5. The minimum atomic E-state index is -3.67. The van der Waals surface area contributed by atoms with Crippen LogP contribution in [0, 0.1) is 5.82 Å². The molecule has 3 aromatic rings. The summed E-state index contributed by atoms with van der Waals surface area (Å²) >= 11 is 6.12. The van der Waals surface area contributed by atoms with Gasteiger partial charge in [0.1, 0.15) is 17.8 Å². The molecule has 1 aromatic carbocycles. The molecule has 2 heterocycles. The zero-order valence-electron chi connectivity index (χ0n) is 14.2. The van der Waals surface area contributed by atoms with Crippen LogP contribution in [0.5, 0.6) is 0 Å². The van der Waals surface area contributed by atoms with Crippen LogP contribution in [0.25, 0.3) is 22.6 Å². The van der Waals surface area contributed by atoms with Gasteiger partial charge < -0.3 is 4.98 Å². The Kier molecular flexibility index (Phi) is 4.35. The maximum atomic E-state index is 15.1. The lowest BCUT2D eigenvalue weighted by molar-refractivity contribution is 0.604. The number of H-pyrrole nitrogens is 1. The Morgan fingerprint density at radius 2 is 2.11 bits per heavy atom. The van der Waals surface area contributed by atoms with Gasteiger partial charge in [0.05, 0.1) is 23.3 Å². The molecule has 0 radical (unpaired) electrons. The number of nitrogens with one attached hydrogen (secondary N) is 2. The summed E-state index contributed by atoms with van der Waals surface area (Å²) in [6, 6.07) is 4.33. The molecular formula is C17H15ClFN5O2S. The third kappa shape index (κ3) is 3.79. The van der Waals surface area contributed by atoms with Crippen LogP contribution in [0.3, 0.4) is 0 Å². The summed E-state index contributed by atoms with van der Waals surface area (Å²) in [4.78, 5) is 15.9. The van der Waals surface area contributed by atoms with Crippen molar-refractivity contribution in [3.63, 3.8) is 0 Å². The SMILES string of the molecule is CS(=O)(=O)Nc1cc(Cl)cc(-c2nc(C3CC3)[nH]c2-c2ccncn2)c1F. The minimum absolute atomic E-state index is 0.0883. The number of halogens is 2. The van der Waals surface area contributed by atoms with E-state index in [1.165, 1.54) is 18.5 Å². The molecule has 0 unspecified atom stereocenters. The Labute approximate surface area is 160 Å². The maximum Gasteiger partial charge on any atom is 0.229 e. The van der Waals surface area contributed by atoms with Gasteiger partial charge >= 0.3 is 0 Å². The first-order valence-electron chi connectivity index (χ1n) is 8.15. The first-order valence-corrected chi connectivity index (χ1v) is 10.4. The predicted molar refractivity (Wildman–Crippen MR) is 100 cm³/mol. The number of hydrogen-bond donors (Lipinski definition) is 2. The second-order valence-corrected chi connectivity index (χ2v) is 8.59. The van der Waals surface area contributed by atoms with Gasteiger partial charge in [-0.1, -0.05) is 11.6 Å². The molecule has 1 aliphatic rings. The third-order valence-corrected chi connectivity index (χ3v) is 4.92. The number of benzene rings is 1. The molecule has 0 saturated heterocycles. The molecule has 0 aliphatic heterocycles. The van der Waals surface area contributed by atoms with E-state index in [0.29, 0.717) is 23.0 Å². The molecule has 2 aromatic heterocycles. The van der Waals surface area contributed by atoms with Crippen LogP contribution in [-0.4, -0.2) is 34.6 Å². The van der Waals surface area contributed by atoms with Gasteiger partial charge in [0.2, 0.25) is 10.0 Å². The van der Waals surface area contributed by atoms with Crippen molar-refractivity contribution in [3.8, 4) is 22.6 Å². The summed E-state index contributed by atoms with van der Waals surface area (Å²) in [6.45, 7) is 0. The highest BCUT2D eigenvalue weighted by Crippen LogP contribution is 2.42. The van der Waals surface area contributed by atoms with Gasteiger partial charge in [-0.3, -0.25) is 4.72 Å². The normalized spacial score (nSPS) is 14.3. The van der Waals surface area contributed by atoms with Crippen LogP contribution in [-0.2, 0) is 10.0 Å². The molecule has 1 saturated carbocycles. The van der Waals surface area contributed by atoms with Crippen LogP contribution in [0.4, 0.5) is 10.1 Å². The highest BCUT2D eigenvalue weighted by Gasteiger charge is 2.30. The van der Waals surface area contributed by atoms with Crippen molar-refractivity contribution in [1.29, 1.82) is 0 Å². The fourth-order valence-electron chi connectivity index (χ4n) is 2.80. The lowest BCUT2D eigenvalue weighted by atomic mass is 10.1. The van der Waals surface area contributed by atoms with E-state index in [1.807, 2.05) is 0 Å². The lowest BCUT2D eigenvalue weighted by Crippen LogP contribution is -2.11. The molecule has 140 valence electrons. The number of rotatable bonds is 5. The van der Waals surface area contributed by atoms with E-state index in [1.54, 1.807) is 12.3 Å². The van der Waals surface area contributed by atoms with Gasteiger partial charge in [-0.2, -0.15) is 0 Å². The van der Waals surface area contributed by atoms with E-state index in [-0.39, 0.29) is 16.3 Å². The Morgan fingerprint density at radius 1 is 1.33 bits per heavy atom. The molecule has 0 bridgehead atoms. The number of anilines is 1. The van der Waals surface area contributed by atoms with E-state index < -0.39 is 15.8 Å². The van der Waals surface area contributed by atoms with Crippen molar-refractivity contribution in [3.05, 3.63) is 47.4 Å². The number of imidazole rings is 1. The second kappa shape index (κ2) is 6.58. The molecule has 0 amide bonds. The molecule has 1 fully saturated rings. The number of aromatic nitrogens is 4. The summed E-state index contributed by atoms with van der Waals surface area (Å²) in [6.07, 6.45) is 5.93. The topological polar surface area (TPSA) is 101 Å². The summed E-state index contributed by atoms with van der Waals surface area (Å²) in [5.74, 6) is 0.291. The Hall–Kier alpha value is -2.52. The van der Waals surface area contributed by atoms with Gasteiger partial charge in [-0.15, -0.1) is 0 Å². The van der Waals surface area contributed by atoms with Crippen LogP contribution in [0.2, 0.25) is 5.02 Å². The van der Waals surface area contributed by atoms with E-state index in [9.17, 15) is 8.42 Å². The van der Waals surface area contributed by atoms with Gasteiger partial charge in [-0.25, -0.2) is 27.8 Å². The summed E-state index contributed by atoms with van der Waals surface area (Å²) in [5.41, 5.74) is 1.27. The molecule has 27 heavy (non-hydrogen) atoms. The van der Waals surface area contributed by atoms with Crippen molar-refractivity contribution in [1.82, 2.24) is 19.9 Å².